The number of rotatable bonds is 3. The Kier molecular flexibility index (Phi) is 4.04. The Morgan fingerprint density at radius 1 is 1.31 bits per heavy atom. The van der Waals surface area contributed by atoms with E-state index >= 15 is 0 Å². The monoisotopic (exact) mass is 218 g/mol. The summed E-state index contributed by atoms with van der Waals surface area (Å²) in [6.45, 7) is 2.25. The van der Waals surface area contributed by atoms with Gasteiger partial charge in [0, 0.05) is 6.61 Å². The van der Waals surface area contributed by atoms with Crippen molar-refractivity contribution in [2.45, 2.75) is 19.3 Å². The Morgan fingerprint density at radius 2 is 2.00 bits per heavy atom. The molecule has 0 aliphatic heterocycles. The summed E-state index contributed by atoms with van der Waals surface area (Å²) in [5.74, 6) is 0.319. The van der Waals surface area contributed by atoms with Gasteiger partial charge in [0.2, 0.25) is 0 Å². The molecule has 72 valence electrons. The molecule has 0 bridgehead atoms. The van der Waals surface area contributed by atoms with Crippen LogP contribution in [-0.4, -0.2) is 11.7 Å². The van der Waals surface area contributed by atoms with Crippen molar-refractivity contribution in [2.75, 3.05) is 6.61 Å². The highest BCUT2D eigenvalue weighted by molar-refractivity contribution is 6.42. The predicted molar refractivity (Wildman–Crippen MR) is 56.6 cm³/mol. The minimum absolute atomic E-state index is 0.196. The Morgan fingerprint density at radius 3 is 2.54 bits per heavy atom. The lowest BCUT2D eigenvalue weighted by Gasteiger charge is -2.10. The SMILES string of the molecule is CC(CCO)c1ccc(Cl)c(Cl)c1. The van der Waals surface area contributed by atoms with Gasteiger partial charge in [0.1, 0.15) is 0 Å². The Bertz CT molecular complexity index is 286. The molecule has 0 aliphatic rings. The molecular formula is C10H12Cl2O. The Hall–Kier alpha value is -0.240. The highest BCUT2D eigenvalue weighted by Crippen LogP contribution is 2.27. The van der Waals surface area contributed by atoms with Gasteiger partial charge in [0.15, 0.2) is 0 Å². The minimum atomic E-state index is 0.196. The van der Waals surface area contributed by atoms with E-state index in [0.29, 0.717) is 16.0 Å². The van der Waals surface area contributed by atoms with Gasteiger partial charge >= 0.3 is 0 Å². The first-order valence-corrected chi connectivity index (χ1v) is 4.96. The summed E-state index contributed by atoms with van der Waals surface area (Å²) in [6, 6.07) is 5.58. The average molecular weight is 219 g/mol. The second kappa shape index (κ2) is 4.85. The quantitative estimate of drug-likeness (QED) is 0.824. The highest BCUT2D eigenvalue weighted by atomic mass is 35.5. The maximum atomic E-state index is 8.76. The van der Waals surface area contributed by atoms with E-state index in [2.05, 4.69) is 6.92 Å². The van der Waals surface area contributed by atoms with Crippen molar-refractivity contribution >= 4 is 23.2 Å². The van der Waals surface area contributed by atoms with Crippen LogP contribution in [0.3, 0.4) is 0 Å². The van der Waals surface area contributed by atoms with E-state index in [0.717, 1.165) is 12.0 Å². The summed E-state index contributed by atoms with van der Waals surface area (Å²) < 4.78 is 0. The minimum Gasteiger partial charge on any atom is -0.396 e. The van der Waals surface area contributed by atoms with Crippen LogP contribution >= 0.6 is 23.2 Å². The number of benzene rings is 1. The van der Waals surface area contributed by atoms with Crippen molar-refractivity contribution in [3.63, 3.8) is 0 Å². The van der Waals surface area contributed by atoms with Gasteiger partial charge in [-0.3, -0.25) is 0 Å². The van der Waals surface area contributed by atoms with Crippen molar-refractivity contribution < 1.29 is 5.11 Å². The van der Waals surface area contributed by atoms with Crippen LogP contribution in [0.4, 0.5) is 0 Å². The molecule has 0 aromatic heterocycles. The zero-order valence-electron chi connectivity index (χ0n) is 7.43. The number of hydrogen-bond acceptors (Lipinski definition) is 1. The van der Waals surface area contributed by atoms with Crippen molar-refractivity contribution in [3.8, 4) is 0 Å². The van der Waals surface area contributed by atoms with Crippen LogP contribution in [0, 0.1) is 0 Å². The molecule has 1 rings (SSSR count). The van der Waals surface area contributed by atoms with Crippen LogP contribution in [0.2, 0.25) is 10.0 Å². The lowest BCUT2D eigenvalue weighted by atomic mass is 9.98. The Labute approximate surface area is 88.3 Å². The molecule has 1 atom stereocenters. The largest absolute Gasteiger partial charge is 0.396 e. The molecule has 0 spiro atoms. The first-order chi connectivity index (χ1) is 6.15. The summed E-state index contributed by atoms with van der Waals surface area (Å²) in [7, 11) is 0. The number of halogens is 2. The molecular weight excluding hydrogens is 207 g/mol. The van der Waals surface area contributed by atoms with Crippen molar-refractivity contribution in [1.82, 2.24) is 0 Å². The predicted octanol–water partition coefficient (Wildman–Crippen LogP) is 3.48. The molecule has 0 saturated carbocycles. The van der Waals surface area contributed by atoms with Crippen molar-refractivity contribution in [1.29, 1.82) is 0 Å². The molecule has 1 nitrogen and oxygen atoms in total. The first-order valence-electron chi connectivity index (χ1n) is 4.21. The molecule has 0 fully saturated rings. The Balaban J connectivity index is 2.84. The highest BCUT2D eigenvalue weighted by Gasteiger charge is 2.06. The lowest BCUT2D eigenvalue weighted by Crippen LogP contribution is -1.96. The molecule has 0 aliphatic carbocycles. The molecule has 0 heterocycles. The van der Waals surface area contributed by atoms with Gasteiger partial charge in [-0.2, -0.15) is 0 Å². The van der Waals surface area contributed by atoms with E-state index in [1.54, 1.807) is 6.07 Å². The average Bonchev–Trinajstić information content (AvgIpc) is 2.10. The zero-order valence-corrected chi connectivity index (χ0v) is 8.94. The van der Waals surface area contributed by atoms with Crippen LogP contribution in [0.5, 0.6) is 0 Å². The third-order valence-corrected chi connectivity index (χ3v) is 2.81. The first kappa shape index (κ1) is 10.8. The summed E-state index contributed by atoms with van der Waals surface area (Å²) in [6.07, 6.45) is 0.748. The third kappa shape index (κ3) is 2.87. The third-order valence-electron chi connectivity index (χ3n) is 2.07. The lowest BCUT2D eigenvalue weighted by molar-refractivity contribution is 0.278. The summed E-state index contributed by atoms with van der Waals surface area (Å²) >= 11 is 11.6. The van der Waals surface area contributed by atoms with E-state index in [9.17, 15) is 0 Å². The van der Waals surface area contributed by atoms with E-state index in [-0.39, 0.29) is 6.61 Å². The molecule has 1 N–H and O–H groups in total. The second-order valence-corrected chi connectivity index (χ2v) is 3.90. The normalized spacial score (nSPS) is 12.9. The van der Waals surface area contributed by atoms with Crippen LogP contribution in [0.15, 0.2) is 18.2 Å². The van der Waals surface area contributed by atoms with Crippen molar-refractivity contribution in [3.05, 3.63) is 33.8 Å². The van der Waals surface area contributed by atoms with Crippen LogP contribution in [-0.2, 0) is 0 Å². The van der Waals surface area contributed by atoms with E-state index in [4.69, 9.17) is 28.3 Å². The summed E-state index contributed by atoms with van der Waals surface area (Å²) in [4.78, 5) is 0. The zero-order chi connectivity index (χ0) is 9.84. The molecule has 0 saturated heterocycles. The van der Waals surface area contributed by atoms with Gasteiger partial charge in [0.25, 0.3) is 0 Å². The van der Waals surface area contributed by atoms with Crippen LogP contribution < -0.4 is 0 Å². The van der Waals surface area contributed by atoms with Crippen LogP contribution in [0.25, 0.3) is 0 Å². The van der Waals surface area contributed by atoms with E-state index < -0.39 is 0 Å². The maximum absolute atomic E-state index is 8.76. The number of aliphatic hydroxyl groups is 1. The standard InChI is InChI=1S/C10H12Cl2O/c1-7(4-5-13)8-2-3-9(11)10(12)6-8/h2-3,6-7,13H,4-5H2,1H3. The molecule has 0 radical (unpaired) electrons. The maximum Gasteiger partial charge on any atom is 0.0595 e. The van der Waals surface area contributed by atoms with Gasteiger partial charge in [0.05, 0.1) is 10.0 Å². The molecule has 0 amide bonds. The molecule has 3 heteroatoms. The fraction of sp³-hybridized carbons (Fsp3) is 0.400. The fourth-order valence-electron chi connectivity index (χ4n) is 1.18. The number of hydrogen-bond donors (Lipinski definition) is 1. The second-order valence-electron chi connectivity index (χ2n) is 3.09. The summed E-state index contributed by atoms with van der Waals surface area (Å²) in [5, 5.41) is 9.91. The smallest absolute Gasteiger partial charge is 0.0595 e. The van der Waals surface area contributed by atoms with Crippen molar-refractivity contribution in [2.24, 2.45) is 0 Å². The van der Waals surface area contributed by atoms with Gasteiger partial charge < -0.3 is 5.11 Å². The molecule has 1 unspecified atom stereocenters. The molecule has 1 aromatic rings. The molecule has 1 aromatic carbocycles. The van der Waals surface area contributed by atoms with Gasteiger partial charge in [-0.25, -0.2) is 0 Å². The van der Waals surface area contributed by atoms with Gasteiger partial charge in [-0.15, -0.1) is 0 Å². The number of aliphatic hydroxyl groups excluding tert-OH is 1. The van der Waals surface area contributed by atoms with Crippen LogP contribution in [0.1, 0.15) is 24.8 Å². The fourth-order valence-corrected chi connectivity index (χ4v) is 1.49. The molecule has 13 heavy (non-hydrogen) atoms. The summed E-state index contributed by atoms with van der Waals surface area (Å²) in [5.41, 5.74) is 1.11. The van der Waals surface area contributed by atoms with Gasteiger partial charge in [-0.05, 0) is 30.0 Å². The van der Waals surface area contributed by atoms with Gasteiger partial charge in [-0.1, -0.05) is 36.2 Å². The van der Waals surface area contributed by atoms with E-state index in [1.165, 1.54) is 0 Å². The van der Waals surface area contributed by atoms with E-state index in [1.807, 2.05) is 12.1 Å². The topological polar surface area (TPSA) is 20.2 Å².